The average Bonchev–Trinajstić information content (AvgIpc) is 2.50. The van der Waals surface area contributed by atoms with E-state index in [1.165, 1.54) is 0 Å². The molecule has 4 heteroatoms. The number of anilines is 1. The van der Waals surface area contributed by atoms with Crippen LogP contribution in [0.3, 0.4) is 0 Å². The molecule has 1 aliphatic rings. The summed E-state index contributed by atoms with van der Waals surface area (Å²) in [5.41, 5.74) is 6.64. The second kappa shape index (κ2) is 6.14. The Kier molecular flexibility index (Phi) is 4.06. The quantitative estimate of drug-likeness (QED) is 0.884. The molecule has 0 aliphatic heterocycles. The molecule has 0 radical (unpaired) electrons. The van der Waals surface area contributed by atoms with E-state index in [1.807, 2.05) is 42.5 Å². The van der Waals surface area contributed by atoms with Gasteiger partial charge in [0, 0.05) is 11.4 Å². The van der Waals surface area contributed by atoms with Crippen molar-refractivity contribution in [3.05, 3.63) is 42.5 Å². The molecule has 0 unspecified atom stereocenters. The van der Waals surface area contributed by atoms with E-state index in [0.29, 0.717) is 0 Å². The van der Waals surface area contributed by atoms with Gasteiger partial charge >= 0.3 is 6.09 Å². The van der Waals surface area contributed by atoms with E-state index in [4.69, 9.17) is 10.5 Å². The van der Waals surface area contributed by atoms with Crippen LogP contribution in [0.4, 0.5) is 10.5 Å². The Labute approximate surface area is 124 Å². The molecule has 110 valence electrons. The average molecular weight is 284 g/mol. The topological polar surface area (TPSA) is 64.3 Å². The van der Waals surface area contributed by atoms with E-state index >= 15 is 0 Å². The first kappa shape index (κ1) is 13.9. The van der Waals surface area contributed by atoms with Gasteiger partial charge in [0.25, 0.3) is 0 Å². The minimum Gasteiger partial charge on any atom is -0.446 e. The minimum absolute atomic E-state index is 0.0141. The highest BCUT2D eigenvalue weighted by molar-refractivity contribution is 6.00. The van der Waals surface area contributed by atoms with Gasteiger partial charge in [0.15, 0.2) is 0 Å². The van der Waals surface area contributed by atoms with Gasteiger partial charge in [0.1, 0.15) is 6.10 Å². The molecule has 1 amide bonds. The Morgan fingerprint density at radius 3 is 2.57 bits per heavy atom. The fourth-order valence-electron chi connectivity index (χ4n) is 2.83. The normalized spacial score (nSPS) is 22.0. The summed E-state index contributed by atoms with van der Waals surface area (Å²) in [6, 6.07) is 14.0. The van der Waals surface area contributed by atoms with Crippen molar-refractivity contribution in [2.24, 2.45) is 5.73 Å². The summed E-state index contributed by atoms with van der Waals surface area (Å²) in [4.78, 5) is 12.0. The third-order valence-corrected chi connectivity index (χ3v) is 4.02. The fraction of sp³-hybridized carbons (Fsp3) is 0.353. The van der Waals surface area contributed by atoms with E-state index in [1.54, 1.807) is 0 Å². The van der Waals surface area contributed by atoms with Crippen LogP contribution >= 0.6 is 0 Å². The lowest BCUT2D eigenvalue weighted by molar-refractivity contribution is 0.0827. The number of nitrogens with one attached hydrogen (secondary N) is 1. The summed E-state index contributed by atoms with van der Waals surface area (Å²) in [5, 5.41) is 4.96. The van der Waals surface area contributed by atoms with Crippen molar-refractivity contribution in [2.75, 3.05) is 5.32 Å². The van der Waals surface area contributed by atoms with Crippen LogP contribution < -0.4 is 11.1 Å². The summed E-state index contributed by atoms with van der Waals surface area (Å²) in [5.74, 6) is 0. The monoisotopic (exact) mass is 284 g/mol. The maximum atomic E-state index is 12.0. The Bertz CT molecular complexity index is 628. The number of hydrogen-bond acceptors (Lipinski definition) is 3. The van der Waals surface area contributed by atoms with Crippen molar-refractivity contribution in [2.45, 2.75) is 37.8 Å². The maximum Gasteiger partial charge on any atom is 0.411 e. The molecule has 3 rings (SSSR count). The number of ether oxygens (including phenoxy) is 1. The summed E-state index contributed by atoms with van der Waals surface area (Å²) < 4.78 is 5.49. The number of benzene rings is 2. The summed E-state index contributed by atoms with van der Waals surface area (Å²) in [7, 11) is 0. The minimum atomic E-state index is -0.383. The van der Waals surface area contributed by atoms with Crippen LogP contribution in [0.25, 0.3) is 10.8 Å². The van der Waals surface area contributed by atoms with Crippen LogP contribution in [-0.2, 0) is 4.74 Å². The first-order chi connectivity index (χ1) is 10.2. The van der Waals surface area contributed by atoms with Crippen LogP contribution in [0.15, 0.2) is 42.5 Å². The molecule has 2 aromatic rings. The van der Waals surface area contributed by atoms with E-state index in [9.17, 15) is 4.79 Å². The number of nitrogens with two attached hydrogens (primary N) is 1. The molecular formula is C17H20N2O2. The van der Waals surface area contributed by atoms with Gasteiger partial charge in [0.2, 0.25) is 0 Å². The maximum absolute atomic E-state index is 12.0. The highest BCUT2D eigenvalue weighted by Crippen LogP contribution is 2.24. The number of carbonyl (C=O) groups excluding carboxylic acids is 1. The van der Waals surface area contributed by atoms with Crippen LogP contribution in [0.2, 0.25) is 0 Å². The molecule has 21 heavy (non-hydrogen) atoms. The van der Waals surface area contributed by atoms with Gasteiger partial charge in [-0.2, -0.15) is 0 Å². The van der Waals surface area contributed by atoms with Crippen molar-refractivity contribution in [3.63, 3.8) is 0 Å². The number of amides is 1. The molecule has 2 aromatic carbocycles. The van der Waals surface area contributed by atoms with Crippen molar-refractivity contribution >= 4 is 22.6 Å². The second-order valence-corrected chi connectivity index (χ2v) is 5.59. The van der Waals surface area contributed by atoms with E-state index in [2.05, 4.69) is 5.32 Å². The third kappa shape index (κ3) is 3.34. The van der Waals surface area contributed by atoms with Gasteiger partial charge < -0.3 is 10.5 Å². The Morgan fingerprint density at radius 1 is 1.05 bits per heavy atom. The molecule has 1 saturated carbocycles. The lowest BCUT2D eigenvalue weighted by atomic mass is 9.94. The van der Waals surface area contributed by atoms with E-state index in [0.717, 1.165) is 42.1 Å². The number of fused-ring (bicyclic) bond motifs is 1. The zero-order chi connectivity index (χ0) is 14.7. The van der Waals surface area contributed by atoms with Crippen molar-refractivity contribution in [1.82, 2.24) is 0 Å². The number of rotatable bonds is 2. The zero-order valence-electron chi connectivity index (χ0n) is 11.9. The first-order valence-corrected chi connectivity index (χ1v) is 7.43. The molecule has 1 aliphatic carbocycles. The van der Waals surface area contributed by atoms with Crippen LogP contribution in [0, 0.1) is 0 Å². The van der Waals surface area contributed by atoms with E-state index in [-0.39, 0.29) is 18.2 Å². The molecule has 0 bridgehead atoms. The molecule has 1 fully saturated rings. The van der Waals surface area contributed by atoms with E-state index < -0.39 is 0 Å². The van der Waals surface area contributed by atoms with Gasteiger partial charge in [-0.1, -0.05) is 36.4 Å². The van der Waals surface area contributed by atoms with Crippen molar-refractivity contribution in [3.8, 4) is 0 Å². The lowest BCUT2D eigenvalue weighted by Gasteiger charge is -2.25. The predicted molar refractivity (Wildman–Crippen MR) is 84.3 cm³/mol. The van der Waals surface area contributed by atoms with Crippen molar-refractivity contribution < 1.29 is 9.53 Å². The van der Waals surface area contributed by atoms with Gasteiger partial charge in [-0.15, -0.1) is 0 Å². The van der Waals surface area contributed by atoms with Gasteiger partial charge in [-0.25, -0.2) is 4.79 Å². The summed E-state index contributed by atoms with van der Waals surface area (Å²) in [6.45, 7) is 0. The molecule has 0 spiro atoms. The predicted octanol–water partition coefficient (Wildman–Crippen LogP) is 3.66. The number of carbonyl (C=O) groups is 1. The van der Waals surface area contributed by atoms with Crippen LogP contribution in [-0.4, -0.2) is 18.2 Å². The number of hydrogen-bond donors (Lipinski definition) is 2. The third-order valence-electron chi connectivity index (χ3n) is 4.02. The highest BCUT2D eigenvalue weighted by Gasteiger charge is 2.21. The highest BCUT2D eigenvalue weighted by atomic mass is 16.6. The summed E-state index contributed by atoms with van der Waals surface area (Å²) >= 11 is 0. The molecule has 4 nitrogen and oxygen atoms in total. The molecular weight excluding hydrogens is 264 g/mol. The van der Waals surface area contributed by atoms with Gasteiger partial charge in [-0.05, 0) is 37.1 Å². The first-order valence-electron chi connectivity index (χ1n) is 7.43. The molecule has 3 N–H and O–H groups in total. The van der Waals surface area contributed by atoms with Gasteiger partial charge in [0.05, 0.1) is 5.69 Å². The SMILES string of the molecule is NC1CCC(OC(=O)Nc2cccc3ccccc23)CC1. The smallest absolute Gasteiger partial charge is 0.411 e. The standard InChI is InChI=1S/C17H20N2O2/c18-13-8-10-14(11-9-13)21-17(20)19-16-7-3-5-12-4-1-2-6-15(12)16/h1-7,13-14H,8-11,18H2,(H,19,20). The summed E-state index contributed by atoms with van der Waals surface area (Å²) in [6.07, 6.45) is 3.15. The Morgan fingerprint density at radius 2 is 1.76 bits per heavy atom. The van der Waals surface area contributed by atoms with Crippen LogP contribution in [0.5, 0.6) is 0 Å². The molecule has 0 heterocycles. The van der Waals surface area contributed by atoms with Crippen LogP contribution in [0.1, 0.15) is 25.7 Å². The lowest BCUT2D eigenvalue weighted by Crippen LogP contribution is -2.32. The second-order valence-electron chi connectivity index (χ2n) is 5.59. The van der Waals surface area contributed by atoms with Gasteiger partial charge in [-0.3, -0.25) is 5.32 Å². The largest absolute Gasteiger partial charge is 0.446 e. The molecule has 0 aromatic heterocycles. The molecule has 0 saturated heterocycles. The van der Waals surface area contributed by atoms with Crippen molar-refractivity contribution in [1.29, 1.82) is 0 Å². The fourth-order valence-corrected chi connectivity index (χ4v) is 2.83. The zero-order valence-corrected chi connectivity index (χ0v) is 11.9. The Hall–Kier alpha value is -2.07. The Balaban J connectivity index is 1.66. The molecule has 0 atom stereocenters.